The number of hydrogen-bond acceptors (Lipinski definition) is 4. The standard InChI is InChI=1S/C14H8F6N2OS/c1-7-9(3-2-8(4-21)11(7)13(15,16)17)12(23,14(18,19)20)10-5-24-6-22-10/h2-3,5-6,23H,1H3. The van der Waals surface area contributed by atoms with Gasteiger partial charge in [0.2, 0.25) is 5.60 Å². The van der Waals surface area contributed by atoms with Crippen molar-refractivity contribution in [2.45, 2.75) is 24.9 Å². The molecule has 0 saturated heterocycles. The summed E-state index contributed by atoms with van der Waals surface area (Å²) in [7, 11) is 0. The van der Waals surface area contributed by atoms with Gasteiger partial charge in [-0.1, -0.05) is 6.07 Å². The number of alkyl halides is 6. The summed E-state index contributed by atoms with van der Waals surface area (Å²) in [5, 5.41) is 20.0. The third-order valence-electron chi connectivity index (χ3n) is 3.47. The molecule has 1 aromatic heterocycles. The molecule has 0 aliphatic carbocycles. The summed E-state index contributed by atoms with van der Waals surface area (Å²) in [5.74, 6) is 0. The first-order valence-electron chi connectivity index (χ1n) is 6.23. The van der Waals surface area contributed by atoms with Gasteiger partial charge in [0.05, 0.1) is 28.4 Å². The lowest BCUT2D eigenvalue weighted by Gasteiger charge is -2.31. The number of aromatic nitrogens is 1. The van der Waals surface area contributed by atoms with E-state index in [1.165, 1.54) is 6.07 Å². The zero-order chi connectivity index (χ0) is 18.3. The average Bonchev–Trinajstić information content (AvgIpc) is 2.97. The molecule has 0 aliphatic heterocycles. The lowest BCUT2D eigenvalue weighted by Crippen LogP contribution is -2.44. The van der Waals surface area contributed by atoms with Crippen LogP contribution in [0.3, 0.4) is 0 Å². The van der Waals surface area contributed by atoms with Gasteiger partial charge in [-0.05, 0) is 18.6 Å². The van der Waals surface area contributed by atoms with E-state index < -0.39 is 45.9 Å². The van der Waals surface area contributed by atoms with Crippen molar-refractivity contribution >= 4 is 11.3 Å². The van der Waals surface area contributed by atoms with E-state index in [0.717, 1.165) is 29.2 Å². The minimum absolute atomic E-state index is 0.605. The Balaban J connectivity index is 2.87. The van der Waals surface area contributed by atoms with Crippen molar-refractivity contribution < 1.29 is 31.4 Å². The van der Waals surface area contributed by atoms with Crippen molar-refractivity contribution in [1.29, 1.82) is 5.26 Å². The topological polar surface area (TPSA) is 56.9 Å². The van der Waals surface area contributed by atoms with Gasteiger partial charge < -0.3 is 5.11 Å². The predicted molar refractivity (Wildman–Crippen MR) is 72.1 cm³/mol. The molecule has 0 radical (unpaired) electrons. The number of nitrogens with zero attached hydrogens (tertiary/aromatic N) is 2. The van der Waals surface area contributed by atoms with E-state index in [1.807, 2.05) is 0 Å². The molecule has 0 amide bonds. The molecular weight excluding hydrogens is 358 g/mol. The van der Waals surface area contributed by atoms with E-state index >= 15 is 0 Å². The van der Waals surface area contributed by atoms with Crippen LogP contribution in [0, 0.1) is 18.3 Å². The van der Waals surface area contributed by atoms with Crippen molar-refractivity contribution in [3.8, 4) is 6.07 Å². The minimum atomic E-state index is -5.32. The van der Waals surface area contributed by atoms with Gasteiger partial charge in [0.25, 0.3) is 0 Å². The van der Waals surface area contributed by atoms with Gasteiger partial charge in [0, 0.05) is 10.9 Å². The Morgan fingerprint density at radius 1 is 1.17 bits per heavy atom. The Bertz CT molecular complexity index is 791. The zero-order valence-corrected chi connectivity index (χ0v) is 12.6. The molecule has 128 valence electrons. The van der Waals surface area contributed by atoms with Crippen molar-refractivity contribution in [3.05, 3.63) is 51.0 Å². The van der Waals surface area contributed by atoms with Crippen LogP contribution in [-0.4, -0.2) is 16.3 Å². The highest BCUT2D eigenvalue weighted by molar-refractivity contribution is 7.07. The van der Waals surface area contributed by atoms with Crippen molar-refractivity contribution in [3.63, 3.8) is 0 Å². The van der Waals surface area contributed by atoms with E-state index in [9.17, 15) is 31.4 Å². The summed E-state index contributed by atoms with van der Waals surface area (Å²) in [6, 6.07) is 2.57. The molecule has 1 unspecified atom stereocenters. The Morgan fingerprint density at radius 3 is 2.21 bits per heavy atom. The molecule has 10 heteroatoms. The van der Waals surface area contributed by atoms with Gasteiger partial charge >= 0.3 is 12.4 Å². The second kappa shape index (κ2) is 5.75. The number of halogens is 6. The second-order valence-corrected chi connectivity index (χ2v) is 5.57. The van der Waals surface area contributed by atoms with Crippen LogP contribution in [0.5, 0.6) is 0 Å². The van der Waals surface area contributed by atoms with Crippen LogP contribution in [0.4, 0.5) is 26.3 Å². The molecule has 24 heavy (non-hydrogen) atoms. The third kappa shape index (κ3) is 2.74. The van der Waals surface area contributed by atoms with Crippen LogP contribution in [0.2, 0.25) is 0 Å². The molecule has 1 heterocycles. The minimum Gasteiger partial charge on any atom is -0.371 e. The van der Waals surface area contributed by atoms with Gasteiger partial charge in [-0.25, -0.2) is 4.98 Å². The largest absolute Gasteiger partial charge is 0.427 e. The molecule has 0 bridgehead atoms. The average molecular weight is 366 g/mol. The van der Waals surface area contributed by atoms with E-state index in [-0.39, 0.29) is 0 Å². The summed E-state index contributed by atoms with van der Waals surface area (Å²) in [6.07, 6.45) is -10.4. The molecule has 0 spiro atoms. The van der Waals surface area contributed by atoms with Crippen molar-refractivity contribution in [2.24, 2.45) is 0 Å². The summed E-state index contributed by atoms with van der Waals surface area (Å²) >= 11 is 0.755. The maximum atomic E-state index is 13.5. The van der Waals surface area contributed by atoms with Gasteiger partial charge in [0.15, 0.2) is 0 Å². The van der Waals surface area contributed by atoms with Gasteiger partial charge in [-0.2, -0.15) is 31.6 Å². The lowest BCUT2D eigenvalue weighted by molar-refractivity contribution is -0.250. The number of aliphatic hydroxyl groups is 1. The number of nitriles is 1. The number of hydrogen-bond donors (Lipinski definition) is 1. The molecule has 1 N–H and O–H groups in total. The Kier molecular flexibility index (Phi) is 4.37. The quantitative estimate of drug-likeness (QED) is 0.813. The van der Waals surface area contributed by atoms with Gasteiger partial charge in [-0.15, -0.1) is 11.3 Å². The predicted octanol–water partition coefficient (Wildman–Crippen LogP) is 4.14. The SMILES string of the molecule is Cc1c(C(O)(c2cscn2)C(F)(F)F)ccc(C#N)c1C(F)(F)F. The fourth-order valence-corrected chi connectivity index (χ4v) is 2.98. The van der Waals surface area contributed by atoms with Crippen LogP contribution >= 0.6 is 11.3 Å². The first-order valence-corrected chi connectivity index (χ1v) is 7.18. The first-order chi connectivity index (χ1) is 10.9. The molecule has 0 aliphatic rings. The van der Waals surface area contributed by atoms with Crippen LogP contribution in [0.1, 0.15) is 27.9 Å². The zero-order valence-electron chi connectivity index (χ0n) is 11.8. The highest BCUT2D eigenvalue weighted by atomic mass is 32.1. The Morgan fingerprint density at radius 2 is 1.79 bits per heavy atom. The van der Waals surface area contributed by atoms with Crippen molar-refractivity contribution in [2.75, 3.05) is 0 Å². The molecule has 3 nitrogen and oxygen atoms in total. The Labute approximate surface area is 135 Å². The number of rotatable bonds is 2. The maximum Gasteiger partial charge on any atom is 0.427 e. The monoisotopic (exact) mass is 366 g/mol. The number of benzene rings is 1. The summed E-state index contributed by atoms with van der Waals surface area (Å²) in [4.78, 5) is 3.41. The van der Waals surface area contributed by atoms with E-state index in [4.69, 9.17) is 5.26 Å². The van der Waals surface area contributed by atoms with E-state index in [1.54, 1.807) is 0 Å². The fourth-order valence-electron chi connectivity index (χ4n) is 2.39. The molecule has 0 saturated carbocycles. The van der Waals surface area contributed by atoms with E-state index in [2.05, 4.69) is 4.98 Å². The maximum absolute atomic E-state index is 13.5. The molecular formula is C14H8F6N2OS. The fraction of sp³-hybridized carbons (Fsp3) is 0.286. The summed E-state index contributed by atoms with van der Waals surface area (Å²) in [5.41, 5.74) is -7.77. The highest BCUT2D eigenvalue weighted by Crippen LogP contribution is 2.47. The first kappa shape index (κ1) is 18.2. The summed E-state index contributed by atoms with van der Waals surface area (Å²) < 4.78 is 80.1. The molecule has 2 aromatic rings. The Hall–Kier alpha value is -2.12. The normalized spacial score (nSPS) is 15.0. The lowest BCUT2D eigenvalue weighted by atomic mass is 9.83. The van der Waals surface area contributed by atoms with Gasteiger partial charge in [0.1, 0.15) is 0 Å². The van der Waals surface area contributed by atoms with Crippen LogP contribution in [0.15, 0.2) is 23.0 Å². The third-order valence-corrected chi connectivity index (χ3v) is 4.06. The smallest absolute Gasteiger partial charge is 0.371 e. The molecule has 0 fully saturated rings. The van der Waals surface area contributed by atoms with Gasteiger partial charge in [-0.3, -0.25) is 0 Å². The van der Waals surface area contributed by atoms with Crippen LogP contribution in [-0.2, 0) is 11.8 Å². The molecule has 1 aromatic carbocycles. The summed E-state index contributed by atoms with van der Waals surface area (Å²) in [6.45, 7) is 0.780. The van der Waals surface area contributed by atoms with E-state index in [0.29, 0.717) is 12.1 Å². The van der Waals surface area contributed by atoms with Crippen LogP contribution in [0.25, 0.3) is 0 Å². The van der Waals surface area contributed by atoms with Crippen LogP contribution < -0.4 is 0 Å². The number of thiazole rings is 1. The second-order valence-electron chi connectivity index (χ2n) is 4.85. The molecule has 2 rings (SSSR count). The van der Waals surface area contributed by atoms with Crippen molar-refractivity contribution in [1.82, 2.24) is 4.98 Å². The molecule has 1 atom stereocenters. The highest BCUT2D eigenvalue weighted by Gasteiger charge is 2.59.